The number of nitrogens with zero attached hydrogens (tertiary/aromatic N) is 2. The summed E-state index contributed by atoms with van der Waals surface area (Å²) in [6, 6.07) is 21.5. The normalized spacial score (nSPS) is 13.2. The Kier molecular flexibility index (Phi) is 6.95. The van der Waals surface area contributed by atoms with Gasteiger partial charge in [0.1, 0.15) is 11.6 Å². The van der Waals surface area contributed by atoms with Crippen LogP contribution in [0, 0.1) is 11.6 Å². The first-order valence-electron chi connectivity index (χ1n) is 10.5. The van der Waals surface area contributed by atoms with E-state index >= 15 is 0 Å². The van der Waals surface area contributed by atoms with E-state index < -0.39 is 0 Å². The van der Waals surface area contributed by atoms with Crippen molar-refractivity contribution in [3.05, 3.63) is 120 Å². The molecule has 0 saturated heterocycles. The van der Waals surface area contributed by atoms with Crippen LogP contribution in [0.25, 0.3) is 0 Å². The Morgan fingerprint density at radius 1 is 0.581 bits per heavy atom. The third-order valence-corrected chi connectivity index (χ3v) is 5.49. The van der Waals surface area contributed by atoms with Crippen molar-refractivity contribution in [1.29, 1.82) is 0 Å². The second-order valence-corrected chi connectivity index (χ2v) is 7.77. The van der Waals surface area contributed by atoms with E-state index in [0.717, 1.165) is 24.0 Å². The lowest BCUT2D eigenvalue weighted by Crippen LogP contribution is -2.22. The van der Waals surface area contributed by atoms with Crippen molar-refractivity contribution < 1.29 is 13.5 Å². The highest BCUT2D eigenvalue weighted by atomic mass is 19.1. The van der Waals surface area contributed by atoms with Gasteiger partial charge in [-0.15, -0.1) is 0 Å². The van der Waals surface area contributed by atoms with E-state index in [4.69, 9.17) is 4.74 Å². The summed E-state index contributed by atoms with van der Waals surface area (Å²) in [6.45, 7) is 1.07. The fourth-order valence-corrected chi connectivity index (χ4v) is 3.81. The molecular formula is C26H26F2N2O. The minimum absolute atomic E-state index is 0.108. The minimum atomic E-state index is -0.229. The SMILES string of the molecule is Fc1ccc(CC(COCC(Cc2ccc(F)cc2)n2cccc2)n2cccc2)cc1. The van der Waals surface area contributed by atoms with Gasteiger partial charge in [0.15, 0.2) is 0 Å². The average molecular weight is 421 g/mol. The lowest BCUT2D eigenvalue weighted by atomic mass is 10.1. The van der Waals surface area contributed by atoms with Gasteiger partial charge in [0, 0.05) is 24.8 Å². The minimum Gasteiger partial charge on any atom is -0.377 e. The molecule has 0 aliphatic heterocycles. The molecule has 0 amide bonds. The molecule has 160 valence electrons. The van der Waals surface area contributed by atoms with E-state index in [9.17, 15) is 8.78 Å². The summed E-state index contributed by atoms with van der Waals surface area (Å²) in [5, 5.41) is 0. The van der Waals surface area contributed by atoms with Crippen LogP contribution in [0.1, 0.15) is 23.2 Å². The van der Waals surface area contributed by atoms with E-state index in [0.29, 0.717) is 13.2 Å². The van der Waals surface area contributed by atoms with Crippen LogP contribution >= 0.6 is 0 Å². The number of ether oxygens (including phenoxy) is 1. The van der Waals surface area contributed by atoms with Crippen LogP contribution in [0.4, 0.5) is 8.78 Å². The summed E-state index contributed by atoms with van der Waals surface area (Å²) in [5.41, 5.74) is 2.13. The molecule has 2 aromatic heterocycles. The largest absolute Gasteiger partial charge is 0.377 e. The van der Waals surface area contributed by atoms with Gasteiger partial charge < -0.3 is 13.9 Å². The Morgan fingerprint density at radius 3 is 1.29 bits per heavy atom. The molecule has 0 bridgehead atoms. The van der Waals surface area contributed by atoms with E-state index in [1.807, 2.05) is 73.3 Å². The van der Waals surface area contributed by atoms with Crippen molar-refractivity contribution in [3.63, 3.8) is 0 Å². The highest BCUT2D eigenvalue weighted by molar-refractivity contribution is 5.18. The quantitative estimate of drug-likeness (QED) is 0.315. The predicted molar refractivity (Wildman–Crippen MR) is 118 cm³/mol. The maximum absolute atomic E-state index is 13.3. The van der Waals surface area contributed by atoms with Gasteiger partial charge in [-0.25, -0.2) is 8.78 Å². The van der Waals surface area contributed by atoms with E-state index in [-0.39, 0.29) is 23.7 Å². The van der Waals surface area contributed by atoms with Crippen molar-refractivity contribution in [3.8, 4) is 0 Å². The van der Waals surface area contributed by atoms with Gasteiger partial charge in [-0.05, 0) is 72.5 Å². The molecule has 4 rings (SSSR count). The summed E-state index contributed by atoms with van der Waals surface area (Å²) in [4.78, 5) is 0. The molecule has 0 aliphatic carbocycles. The Bertz CT molecular complexity index is 940. The Labute approximate surface area is 181 Å². The van der Waals surface area contributed by atoms with E-state index in [1.165, 1.54) is 24.3 Å². The Hall–Kier alpha value is -3.18. The van der Waals surface area contributed by atoms with Crippen molar-refractivity contribution in [2.24, 2.45) is 0 Å². The van der Waals surface area contributed by atoms with Crippen molar-refractivity contribution in [1.82, 2.24) is 9.13 Å². The number of rotatable bonds is 10. The molecule has 31 heavy (non-hydrogen) atoms. The first kappa shape index (κ1) is 21.1. The number of hydrogen-bond acceptors (Lipinski definition) is 1. The lowest BCUT2D eigenvalue weighted by molar-refractivity contribution is 0.0763. The van der Waals surface area contributed by atoms with Gasteiger partial charge in [-0.2, -0.15) is 0 Å². The van der Waals surface area contributed by atoms with Crippen molar-refractivity contribution in [2.45, 2.75) is 24.9 Å². The molecule has 2 aromatic carbocycles. The number of halogens is 2. The molecule has 0 aliphatic rings. The van der Waals surface area contributed by atoms with E-state index in [1.54, 1.807) is 0 Å². The van der Waals surface area contributed by atoms with Crippen LogP contribution in [0.15, 0.2) is 97.6 Å². The average Bonchev–Trinajstić information content (AvgIpc) is 3.50. The van der Waals surface area contributed by atoms with Crippen LogP contribution < -0.4 is 0 Å². The summed E-state index contributed by atoms with van der Waals surface area (Å²) < 4.78 is 37.0. The topological polar surface area (TPSA) is 19.1 Å². The molecule has 0 saturated carbocycles. The smallest absolute Gasteiger partial charge is 0.123 e. The first-order valence-corrected chi connectivity index (χ1v) is 10.5. The van der Waals surface area contributed by atoms with Crippen LogP contribution in [0.5, 0.6) is 0 Å². The molecule has 4 aromatic rings. The third kappa shape index (κ3) is 5.92. The molecular weight excluding hydrogens is 394 g/mol. The first-order chi connectivity index (χ1) is 15.2. The molecule has 0 fully saturated rings. The van der Waals surface area contributed by atoms with Gasteiger partial charge in [-0.3, -0.25) is 0 Å². The zero-order chi connectivity index (χ0) is 21.5. The number of hydrogen-bond donors (Lipinski definition) is 0. The van der Waals surface area contributed by atoms with Gasteiger partial charge >= 0.3 is 0 Å². The second kappa shape index (κ2) is 10.2. The molecule has 3 nitrogen and oxygen atoms in total. The maximum Gasteiger partial charge on any atom is 0.123 e. The van der Waals surface area contributed by atoms with Crippen LogP contribution in [0.2, 0.25) is 0 Å². The molecule has 0 N–H and O–H groups in total. The molecule has 0 radical (unpaired) electrons. The van der Waals surface area contributed by atoms with Crippen molar-refractivity contribution in [2.75, 3.05) is 13.2 Å². The highest BCUT2D eigenvalue weighted by Crippen LogP contribution is 2.20. The highest BCUT2D eigenvalue weighted by Gasteiger charge is 2.16. The van der Waals surface area contributed by atoms with Crippen molar-refractivity contribution >= 4 is 0 Å². The monoisotopic (exact) mass is 420 g/mol. The van der Waals surface area contributed by atoms with Gasteiger partial charge in [0.2, 0.25) is 0 Å². The summed E-state index contributed by atoms with van der Waals surface area (Å²) in [7, 11) is 0. The molecule has 2 unspecified atom stereocenters. The van der Waals surface area contributed by atoms with Gasteiger partial charge in [0.25, 0.3) is 0 Å². The predicted octanol–water partition coefficient (Wildman–Crippen LogP) is 5.85. The fraction of sp³-hybridized carbons (Fsp3) is 0.231. The second-order valence-electron chi connectivity index (χ2n) is 7.77. The Balaban J connectivity index is 1.42. The Morgan fingerprint density at radius 2 is 0.935 bits per heavy atom. The summed E-state index contributed by atoms with van der Waals surface area (Å²) in [6.07, 6.45) is 9.61. The summed E-state index contributed by atoms with van der Waals surface area (Å²) >= 11 is 0. The zero-order valence-electron chi connectivity index (χ0n) is 17.3. The fourth-order valence-electron chi connectivity index (χ4n) is 3.81. The molecule has 2 atom stereocenters. The molecule has 0 spiro atoms. The molecule has 2 heterocycles. The number of benzene rings is 2. The van der Waals surface area contributed by atoms with Gasteiger partial charge in [-0.1, -0.05) is 24.3 Å². The zero-order valence-corrected chi connectivity index (χ0v) is 17.3. The lowest BCUT2D eigenvalue weighted by Gasteiger charge is -2.23. The van der Waals surface area contributed by atoms with Crippen LogP contribution in [0.3, 0.4) is 0 Å². The van der Waals surface area contributed by atoms with E-state index in [2.05, 4.69) is 9.13 Å². The van der Waals surface area contributed by atoms with Crippen LogP contribution in [-0.2, 0) is 17.6 Å². The third-order valence-electron chi connectivity index (χ3n) is 5.49. The maximum atomic E-state index is 13.3. The standard InChI is InChI=1S/C26H26F2N2O/c27-23-9-5-21(6-10-23)17-25(29-13-1-2-14-29)19-31-20-26(30-15-3-4-16-30)18-22-7-11-24(28)12-8-22/h1-16,25-26H,17-20H2. The van der Waals surface area contributed by atoms with Crippen LogP contribution in [-0.4, -0.2) is 22.3 Å². The molecule has 5 heteroatoms. The number of aromatic nitrogens is 2. The van der Waals surface area contributed by atoms with Gasteiger partial charge in [0.05, 0.1) is 25.3 Å². The summed E-state index contributed by atoms with van der Waals surface area (Å²) in [5.74, 6) is -0.458.